The molecule has 0 spiro atoms. The lowest BCUT2D eigenvalue weighted by Gasteiger charge is -2.44. The van der Waals surface area contributed by atoms with Crippen LogP contribution in [0.2, 0.25) is 0 Å². The van der Waals surface area contributed by atoms with Crippen LogP contribution in [0.25, 0.3) is 0 Å². The first-order valence-corrected chi connectivity index (χ1v) is 13.1. The number of methoxy groups -OCH3 is 1. The van der Waals surface area contributed by atoms with Crippen molar-refractivity contribution in [2.45, 2.75) is 64.4 Å². The molecule has 1 fully saturated rings. The molecule has 0 saturated carbocycles. The van der Waals surface area contributed by atoms with E-state index < -0.39 is 85.9 Å². The van der Waals surface area contributed by atoms with Gasteiger partial charge in [-0.05, 0) is 0 Å². The Balaban J connectivity index is 3.24. The van der Waals surface area contributed by atoms with Gasteiger partial charge in [0, 0.05) is 34.8 Å². The summed E-state index contributed by atoms with van der Waals surface area (Å²) < 4.78 is 52.6. The van der Waals surface area contributed by atoms with Crippen molar-refractivity contribution in [1.29, 1.82) is 0 Å². The van der Waals surface area contributed by atoms with E-state index in [4.69, 9.17) is 47.4 Å². The number of alkyl carbamates (subject to hydrolysis) is 1. The van der Waals surface area contributed by atoms with E-state index in [2.05, 4.69) is 11.9 Å². The molecule has 17 nitrogen and oxygen atoms in total. The highest BCUT2D eigenvalue weighted by atomic mass is 16.7. The lowest BCUT2D eigenvalue weighted by atomic mass is 9.98. The van der Waals surface area contributed by atoms with E-state index in [-0.39, 0.29) is 26.4 Å². The molecule has 1 saturated heterocycles. The summed E-state index contributed by atoms with van der Waals surface area (Å²) in [6.07, 6.45) is -7.03. The number of esters is 5. The topological polar surface area (TPSA) is 207 Å². The van der Waals surface area contributed by atoms with Crippen molar-refractivity contribution in [3.05, 3.63) is 12.7 Å². The van der Waals surface area contributed by atoms with Gasteiger partial charge in [-0.2, -0.15) is 0 Å². The van der Waals surface area contributed by atoms with E-state index in [9.17, 15) is 28.8 Å². The predicted octanol–water partition coefficient (Wildman–Crippen LogP) is -0.427. The summed E-state index contributed by atoms with van der Waals surface area (Å²) in [6.45, 7) is 6.90. The molecule has 1 amide bonds. The second-order valence-electron chi connectivity index (χ2n) is 8.76. The van der Waals surface area contributed by atoms with E-state index in [1.165, 1.54) is 13.2 Å². The van der Waals surface area contributed by atoms with Gasteiger partial charge in [0.2, 0.25) is 0 Å². The number of rotatable bonds is 18. The van der Waals surface area contributed by atoms with Crippen LogP contribution in [0.4, 0.5) is 4.79 Å². The summed E-state index contributed by atoms with van der Waals surface area (Å²) in [7, 11) is 1.50. The van der Waals surface area contributed by atoms with Crippen LogP contribution in [0.1, 0.15) is 27.7 Å². The van der Waals surface area contributed by atoms with Gasteiger partial charge in [-0.1, -0.05) is 12.7 Å². The molecular formula is C26H39NO16. The minimum atomic E-state index is -1.60. The van der Waals surface area contributed by atoms with Crippen LogP contribution in [-0.2, 0) is 71.3 Å². The molecule has 6 atom stereocenters. The molecule has 1 aliphatic heterocycles. The van der Waals surface area contributed by atoms with Gasteiger partial charge in [0.25, 0.3) is 0 Å². The minimum Gasteiger partial charge on any atom is -0.463 e. The van der Waals surface area contributed by atoms with Crippen molar-refractivity contribution >= 4 is 35.9 Å². The van der Waals surface area contributed by atoms with Gasteiger partial charge in [-0.25, -0.2) is 9.59 Å². The summed E-state index contributed by atoms with van der Waals surface area (Å²) in [5.41, 5.74) is 0. The number of carbonyl (C=O) groups is 6. The summed E-state index contributed by atoms with van der Waals surface area (Å²) in [5, 5.41) is 2.28. The Morgan fingerprint density at radius 2 is 1.40 bits per heavy atom. The van der Waals surface area contributed by atoms with E-state index >= 15 is 0 Å². The maximum Gasteiger partial charge on any atom is 0.408 e. The Bertz CT molecular complexity index is 955. The summed E-state index contributed by atoms with van der Waals surface area (Å²) >= 11 is 0. The molecule has 0 aromatic carbocycles. The number of amides is 1. The number of hydrogen-bond acceptors (Lipinski definition) is 16. The second kappa shape index (κ2) is 20.2. The van der Waals surface area contributed by atoms with Crippen molar-refractivity contribution in [3.8, 4) is 0 Å². The summed E-state index contributed by atoms with van der Waals surface area (Å²) in [6, 6.07) is -1.48. The first-order valence-electron chi connectivity index (χ1n) is 13.1. The molecule has 43 heavy (non-hydrogen) atoms. The highest BCUT2D eigenvalue weighted by molar-refractivity contribution is 5.81. The Morgan fingerprint density at radius 3 is 1.98 bits per heavy atom. The first kappa shape index (κ1) is 37.2. The van der Waals surface area contributed by atoms with Crippen LogP contribution < -0.4 is 5.32 Å². The number of hydrogen-bond donors (Lipinski definition) is 1. The standard InChI is InChI=1S/C26H39NO16/c1-7-8-37-26(33)27-19(24(32)36-12-11-35-10-9-34-6)13-39-25-23(42-18(5)31)22(41-17(4)30)21(40-16(3)29)20(43-25)14-38-15(2)28/h7,19-23,25H,1,8-14H2,2-6H3,(H,27,33)/t19-,20+,21-,22-,23+,25+/m0/s1. The fraction of sp³-hybridized carbons (Fsp3) is 0.692. The molecule has 17 heteroatoms. The third-order valence-corrected chi connectivity index (χ3v) is 5.19. The van der Waals surface area contributed by atoms with Gasteiger partial charge in [0.05, 0.1) is 26.4 Å². The number of nitrogens with one attached hydrogen (secondary N) is 1. The highest BCUT2D eigenvalue weighted by Crippen LogP contribution is 2.30. The van der Waals surface area contributed by atoms with E-state index in [0.717, 1.165) is 27.7 Å². The van der Waals surface area contributed by atoms with E-state index in [0.29, 0.717) is 6.61 Å². The normalized spacial score (nSPS) is 21.8. The van der Waals surface area contributed by atoms with Crippen LogP contribution in [-0.4, -0.2) is 126 Å². The molecule has 1 N–H and O–H groups in total. The molecule has 1 heterocycles. The summed E-state index contributed by atoms with van der Waals surface area (Å²) in [4.78, 5) is 72.4. The Kier molecular flexibility index (Phi) is 17.5. The summed E-state index contributed by atoms with van der Waals surface area (Å²) in [5.74, 6) is -4.15. The van der Waals surface area contributed by atoms with Crippen LogP contribution in [0.5, 0.6) is 0 Å². The van der Waals surface area contributed by atoms with Gasteiger partial charge in [0.1, 0.15) is 25.9 Å². The quantitative estimate of drug-likeness (QED) is 0.0892. The average Bonchev–Trinajstić information content (AvgIpc) is 2.92. The largest absolute Gasteiger partial charge is 0.463 e. The Morgan fingerprint density at radius 1 is 0.791 bits per heavy atom. The van der Waals surface area contributed by atoms with E-state index in [1.54, 1.807) is 0 Å². The first-order chi connectivity index (χ1) is 20.4. The number of carbonyl (C=O) groups excluding carboxylic acids is 6. The third-order valence-electron chi connectivity index (χ3n) is 5.19. The van der Waals surface area contributed by atoms with Crippen molar-refractivity contribution in [2.75, 3.05) is 53.4 Å². The molecule has 0 unspecified atom stereocenters. The lowest BCUT2D eigenvalue weighted by Crippen LogP contribution is -2.63. The second-order valence-corrected chi connectivity index (χ2v) is 8.76. The molecule has 0 bridgehead atoms. The molecular weight excluding hydrogens is 582 g/mol. The van der Waals surface area contributed by atoms with E-state index in [1.807, 2.05) is 0 Å². The average molecular weight is 622 g/mol. The SMILES string of the molecule is C=CCOC(=O)N[C@@H](CO[C@@H]1O[C@H](COC(C)=O)[C@H](OC(C)=O)[C@H](OC(C)=O)[C@H]1OC(C)=O)C(=O)OCCOCCOC. The Labute approximate surface area is 248 Å². The predicted molar refractivity (Wildman–Crippen MR) is 140 cm³/mol. The van der Waals surface area contributed by atoms with Crippen LogP contribution in [0, 0.1) is 0 Å². The van der Waals surface area contributed by atoms with Gasteiger partial charge in [-0.15, -0.1) is 0 Å². The molecule has 1 rings (SSSR count). The van der Waals surface area contributed by atoms with Crippen molar-refractivity contribution in [1.82, 2.24) is 5.32 Å². The van der Waals surface area contributed by atoms with Crippen molar-refractivity contribution in [2.24, 2.45) is 0 Å². The third kappa shape index (κ3) is 14.8. The van der Waals surface area contributed by atoms with Gasteiger partial charge in [0.15, 0.2) is 30.6 Å². The molecule has 1 aliphatic rings. The molecule has 0 radical (unpaired) electrons. The van der Waals surface area contributed by atoms with Crippen LogP contribution in [0.15, 0.2) is 12.7 Å². The zero-order valence-electron chi connectivity index (χ0n) is 24.7. The molecule has 0 aromatic rings. The number of ether oxygens (including phenoxy) is 10. The van der Waals surface area contributed by atoms with Gasteiger partial charge < -0.3 is 52.7 Å². The Hall–Kier alpha value is -3.80. The highest BCUT2D eigenvalue weighted by Gasteiger charge is 2.53. The molecule has 244 valence electrons. The maximum absolute atomic E-state index is 12.8. The van der Waals surface area contributed by atoms with Gasteiger partial charge in [-0.3, -0.25) is 19.2 Å². The smallest absolute Gasteiger partial charge is 0.408 e. The van der Waals surface area contributed by atoms with Crippen molar-refractivity contribution < 1.29 is 76.1 Å². The van der Waals surface area contributed by atoms with Crippen LogP contribution in [0.3, 0.4) is 0 Å². The minimum absolute atomic E-state index is 0.0310. The molecule has 0 aliphatic carbocycles. The monoisotopic (exact) mass is 621 g/mol. The zero-order valence-corrected chi connectivity index (χ0v) is 24.7. The fourth-order valence-corrected chi connectivity index (χ4v) is 3.55. The molecule has 0 aromatic heterocycles. The lowest BCUT2D eigenvalue weighted by molar-refractivity contribution is -0.308. The van der Waals surface area contributed by atoms with Crippen molar-refractivity contribution in [3.63, 3.8) is 0 Å². The maximum atomic E-state index is 12.8. The fourth-order valence-electron chi connectivity index (χ4n) is 3.55. The zero-order chi connectivity index (χ0) is 32.4. The van der Waals surface area contributed by atoms with Crippen LogP contribution >= 0.6 is 0 Å². The van der Waals surface area contributed by atoms with Gasteiger partial charge >= 0.3 is 35.9 Å².